The molecule has 0 saturated heterocycles. The standard InChI is InChI=1S/C16H25N3/c1-11(2)7-15(8-12(3)4)18-14-5-6-16-13(9-14)10-17-19-16/h5-6,9-12,15,18H,7-8H2,1-4H3,(H,17,19). The normalized spacial score (nSPS) is 11.9. The van der Waals surface area contributed by atoms with Crippen molar-refractivity contribution in [3.05, 3.63) is 24.4 Å². The van der Waals surface area contributed by atoms with Gasteiger partial charge in [0.2, 0.25) is 0 Å². The van der Waals surface area contributed by atoms with E-state index in [1.807, 2.05) is 6.20 Å². The molecule has 3 heteroatoms. The van der Waals surface area contributed by atoms with Gasteiger partial charge in [-0.25, -0.2) is 0 Å². The fourth-order valence-corrected chi connectivity index (χ4v) is 2.62. The van der Waals surface area contributed by atoms with Crippen molar-refractivity contribution < 1.29 is 0 Å². The number of aromatic nitrogens is 2. The highest BCUT2D eigenvalue weighted by Crippen LogP contribution is 2.21. The van der Waals surface area contributed by atoms with E-state index in [-0.39, 0.29) is 0 Å². The van der Waals surface area contributed by atoms with Crippen molar-refractivity contribution in [2.75, 3.05) is 5.32 Å². The lowest BCUT2D eigenvalue weighted by Crippen LogP contribution is -2.23. The predicted molar refractivity (Wildman–Crippen MR) is 82.4 cm³/mol. The van der Waals surface area contributed by atoms with Gasteiger partial charge >= 0.3 is 0 Å². The third-order valence-corrected chi connectivity index (χ3v) is 3.32. The fourth-order valence-electron chi connectivity index (χ4n) is 2.62. The van der Waals surface area contributed by atoms with Crippen molar-refractivity contribution in [2.24, 2.45) is 11.8 Å². The third kappa shape index (κ3) is 3.98. The molecule has 2 N–H and O–H groups in total. The van der Waals surface area contributed by atoms with Crippen LogP contribution < -0.4 is 5.32 Å². The van der Waals surface area contributed by atoms with Crippen LogP contribution in [0.25, 0.3) is 10.9 Å². The molecule has 0 unspecified atom stereocenters. The number of hydrogen-bond acceptors (Lipinski definition) is 2. The van der Waals surface area contributed by atoms with E-state index < -0.39 is 0 Å². The van der Waals surface area contributed by atoms with Gasteiger partial charge in [0.1, 0.15) is 0 Å². The van der Waals surface area contributed by atoms with Crippen molar-refractivity contribution in [2.45, 2.75) is 46.6 Å². The number of hydrogen-bond donors (Lipinski definition) is 2. The first-order chi connectivity index (χ1) is 9.04. The summed E-state index contributed by atoms with van der Waals surface area (Å²) in [5.41, 5.74) is 2.29. The third-order valence-electron chi connectivity index (χ3n) is 3.32. The Bertz CT molecular complexity index is 503. The summed E-state index contributed by atoms with van der Waals surface area (Å²) in [6, 6.07) is 6.94. The van der Waals surface area contributed by atoms with Gasteiger partial charge in [-0.15, -0.1) is 0 Å². The van der Waals surface area contributed by atoms with E-state index in [1.165, 1.54) is 18.5 Å². The Morgan fingerprint density at radius 3 is 2.42 bits per heavy atom. The molecule has 104 valence electrons. The van der Waals surface area contributed by atoms with Gasteiger partial charge < -0.3 is 5.32 Å². The Hall–Kier alpha value is -1.51. The van der Waals surface area contributed by atoms with Gasteiger partial charge in [-0.05, 0) is 42.9 Å². The molecule has 0 amide bonds. The van der Waals surface area contributed by atoms with Gasteiger partial charge in [0.05, 0.1) is 11.7 Å². The molecule has 0 atom stereocenters. The van der Waals surface area contributed by atoms with Crippen LogP contribution in [0.3, 0.4) is 0 Å². The lowest BCUT2D eigenvalue weighted by molar-refractivity contribution is 0.442. The molecule has 0 aliphatic heterocycles. The number of H-pyrrole nitrogens is 1. The summed E-state index contributed by atoms with van der Waals surface area (Å²) in [4.78, 5) is 0. The van der Waals surface area contributed by atoms with Gasteiger partial charge in [-0.2, -0.15) is 5.10 Å². The Morgan fingerprint density at radius 2 is 1.79 bits per heavy atom. The molecule has 2 rings (SSSR count). The summed E-state index contributed by atoms with van der Waals surface area (Å²) in [6.45, 7) is 9.14. The molecule has 1 heterocycles. The maximum atomic E-state index is 4.07. The molecule has 0 bridgehead atoms. The molecule has 2 aromatic rings. The van der Waals surface area contributed by atoms with Crippen molar-refractivity contribution in [3.8, 4) is 0 Å². The zero-order valence-corrected chi connectivity index (χ0v) is 12.4. The Morgan fingerprint density at radius 1 is 1.11 bits per heavy atom. The second-order valence-electron chi connectivity index (χ2n) is 6.27. The molecular formula is C16H25N3. The minimum atomic E-state index is 0.546. The quantitative estimate of drug-likeness (QED) is 0.805. The molecule has 3 nitrogen and oxygen atoms in total. The van der Waals surface area contributed by atoms with Crippen molar-refractivity contribution >= 4 is 16.6 Å². The number of anilines is 1. The Balaban J connectivity index is 2.10. The van der Waals surface area contributed by atoms with Crippen LogP contribution in [-0.2, 0) is 0 Å². The first-order valence-corrected chi connectivity index (χ1v) is 7.24. The highest BCUT2D eigenvalue weighted by Gasteiger charge is 2.13. The smallest absolute Gasteiger partial charge is 0.0651 e. The zero-order valence-electron chi connectivity index (χ0n) is 12.4. The number of nitrogens with one attached hydrogen (secondary N) is 2. The van der Waals surface area contributed by atoms with Crippen molar-refractivity contribution in [1.29, 1.82) is 0 Å². The number of fused-ring (bicyclic) bond motifs is 1. The van der Waals surface area contributed by atoms with E-state index in [2.05, 4.69) is 61.4 Å². The molecule has 19 heavy (non-hydrogen) atoms. The van der Waals surface area contributed by atoms with Crippen LogP contribution in [0.2, 0.25) is 0 Å². The molecule has 0 aliphatic carbocycles. The molecule has 0 fully saturated rings. The number of nitrogens with zero attached hydrogens (tertiary/aromatic N) is 1. The maximum absolute atomic E-state index is 4.07. The highest BCUT2D eigenvalue weighted by atomic mass is 15.1. The first-order valence-electron chi connectivity index (χ1n) is 7.24. The minimum Gasteiger partial charge on any atom is -0.382 e. The first kappa shape index (κ1) is 13.9. The second-order valence-corrected chi connectivity index (χ2v) is 6.27. The van der Waals surface area contributed by atoms with Crippen LogP contribution in [0.4, 0.5) is 5.69 Å². The zero-order chi connectivity index (χ0) is 13.8. The fraction of sp³-hybridized carbons (Fsp3) is 0.562. The summed E-state index contributed by atoms with van der Waals surface area (Å²) in [6.07, 6.45) is 4.30. The number of aromatic amines is 1. The van der Waals surface area contributed by atoms with Gasteiger partial charge in [-0.3, -0.25) is 5.10 Å². The van der Waals surface area contributed by atoms with Crippen LogP contribution in [-0.4, -0.2) is 16.2 Å². The summed E-state index contributed by atoms with van der Waals surface area (Å²) >= 11 is 0. The van der Waals surface area contributed by atoms with Crippen molar-refractivity contribution in [3.63, 3.8) is 0 Å². The molecule has 0 spiro atoms. The summed E-state index contributed by atoms with van der Waals surface area (Å²) in [7, 11) is 0. The summed E-state index contributed by atoms with van der Waals surface area (Å²) in [5, 5.41) is 11.9. The van der Waals surface area contributed by atoms with E-state index in [9.17, 15) is 0 Å². The average molecular weight is 259 g/mol. The van der Waals surface area contributed by atoms with E-state index >= 15 is 0 Å². The predicted octanol–water partition coefficient (Wildman–Crippen LogP) is 4.44. The van der Waals surface area contributed by atoms with Gasteiger partial charge in [0, 0.05) is 17.1 Å². The van der Waals surface area contributed by atoms with Gasteiger partial charge in [0.25, 0.3) is 0 Å². The molecule has 0 aliphatic rings. The molecule has 1 aromatic heterocycles. The average Bonchev–Trinajstić information content (AvgIpc) is 2.74. The molecule has 1 aromatic carbocycles. The van der Waals surface area contributed by atoms with Crippen LogP contribution >= 0.6 is 0 Å². The Kier molecular flexibility index (Phi) is 4.46. The topological polar surface area (TPSA) is 40.7 Å². The van der Waals surface area contributed by atoms with E-state index in [4.69, 9.17) is 0 Å². The lowest BCUT2D eigenvalue weighted by atomic mass is 9.95. The second kappa shape index (κ2) is 6.09. The van der Waals surface area contributed by atoms with Crippen LogP contribution in [0.1, 0.15) is 40.5 Å². The van der Waals surface area contributed by atoms with Crippen LogP contribution in [0, 0.1) is 11.8 Å². The highest BCUT2D eigenvalue weighted by molar-refractivity contribution is 5.81. The number of benzene rings is 1. The molecule has 0 radical (unpaired) electrons. The maximum Gasteiger partial charge on any atom is 0.0651 e. The summed E-state index contributed by atoms with van der Waals surface area (Å²) < 4.78 is 0. The van der Waals surface area contributed by atoms with E-state index in [0.29, 0.717) is 17.9 Å². The van der Waals surface area contributed by atoms with Gasteiger partial charge in [0.15, 0.2) is 0 Å². The molecular weight excluding hydrogens is 234 g/mol. The van der Waals surface area contributed by atoms with E-state index in [0.717, 1.165) is 10.9 Å². The summed E-state index contributed by atoms with van der Waals surface area (Å²) in [5.74, 6) is 1.43. The van der Waals surface area contributed by atoms with Crippen LogP contribution in [0.5, 0.6) is 0 Å². The molecule has 0 saturated carbocycles. The number of rotatable bonds is 6. The lowest BCUT2D eigenvalue weighted by Gasteiger charge is -2.23. The Labute approximate surface area is 115 Å². The van der Waals surface area contributed by atoms with Crippen LogP contribution in [0.15, 0.2) is 24.4 Å². The van der Waals surface area contributed by atoms with Crippen molar-refractivity contribution in [1.82, 2.24) is 10.2 Å². The SMILES string of the molecule is CC(C)CC(CC(C)C)Nc1ccc2[nH]ncc2c1. The van der Waals surface area contributed by atoms with Gasteiger partial charge in [-0.1, -0.05) is 27.7 Å². The minimum absolute atomic E-state index is 0.546. The van der Waals surface area contributed by atoms with E-state index in [1.54, 1.807) is 0 Å². The largest absolute Gasteiger partial charge is 0.382 e. The monoisotopic (exact) mass is 259 g/mol.